The molecule has 0 saturated carbocycles. The first-order chi connectivity index (χ1) is 11.1. The molecule has 0 atom stereocenters. The number of aromatic nitrogens is 2. The second kappa shape index (κ2) is 8.63. The lowest BCUT2D eigenvalue weighted by molar-refractivity contribution is 0.717. The van der Waals surface area contributed by atoms with Gasteiger partial charge in [0.1, 0.15) is 11.0 Å². The van der Waals surface area contributed by atoms with Crippen LogP contribution in [0.1, 0.15) is 50.1 Å². The molecule has 0 amide bonds. The highest BCUT2D eigenvalue weighted by atomic mass is 35.5. The van der Waals surface area contributed by atoms with Gasteiger partial charge >= 0.3 is 0 Å². The van der Waals surface area contributed by atoms with Crippen molar-refractivity contribution in [1.29, 1.82) is 0 Å². The number of nitrogens with zero attached hydrogens (tertiary/aromatic N) is 3. The van der Waals surface area contributed by atoms with E-state index in [0.29, 0.717) is 16.8 Å². The van der Waals surface area contributed by atoms with Crippen molar-refractivity contribution in [2.75, 3.05) is 5.43 Å². The molecule has 1 aromatic heterocycles. The van der Waals surface area contributed by atoms with Crippen LogP contribution < -0.4 is 5.43 Å². The van der Waals surface area contributed by atoms with E-state index in [9.17, 15) is 0 Å². The Bertz CT molecular complexity index is 645. The summed E-state index contributed by atoms with van der Waals surface area (Å²) in [6.07, 6.45) is 4.93. The van der Waals surface area contributed by atoms with Gasteiger partial charge in [-0.2, -0.15) is 5.10 Å². The van der Waals surface area contributed by atoms with Gasteiger partial charge in [-0.3, -0.25) is 5.43 Å². The van der Waals surface area contributed by atoms with Crippen molar-refractivity contribution in [3.05, 3.63) is 52.4 Å². The van der Waals surface area contributed by atoms with Crippen LogP contribution in [0.4, 0.5) is 5.82 Å². The number of halogens is 1. The van der Waals surface area contributed by atoms with Crippen LogP contribution in [-0.4, -0.2) is 15.7 Å². The molecule has 0 bridgehead atoms. The molecule has 0 aliphatic heterocycles. The number of unbranched alkanes of at least 4 members (excludes halogenated alkanes) is 2. The van der Waals surface area contributed by atoms with Crippen LogP contribution in [0.25, 0.3) is 0 Å². The van der Waals surface area contributed by atoms with E-state index in [0.717, 1.165) is 17.7 Å². The number of hydrazone groups is 1. The molecule has 1 N–H and O–H groups in total. The Balaban J connectivity index is 2.00. The molecule has 0 spiro atoms. The minimum absolute atomic E-state index is 0.407. The fourth-order valence-electron chi connectivity index (χ4n) is 2.29. The molecule has 1 heterocycles. The predicted octanol–water partition coefficient (Wildman–Crippen LogP) is 5.01. The molecule has 2 rings (SSSR count). The first kappa shape index (κ1) is 17.4. The van der Waals surface area contributed by atoms with Crippen LogP contribution in [0.5, 0.6) is 0 Å². The highest BCUT2D eigenvalue weighted by Gasteiger charge is 2.01. The molecule has 0 fully saturated rings. The largest absolute Gasteiger partial charge is 0.261 e. The monoisotopic (exact) mass is 330 g/mol. The van der Waals surface area contributed by atoms with Crippen LogP contribution in [-0.2, 0) is 6.42 Å². The molecule has 2 aromatic rings. The van der Waals surface area contributed by atoms with Gasteiger partial charge in [0.25, 0.3) is 0 Å². The topological polar surface area (TPSA) is 50.2 Å². The van der Waals surface area contributed by atoms with Gasteiger partial charge in [0.15, 0.2) is 5.82 Å². The average Bonchev–Trinajstić information content (AvgIpc) is 2.53. The highest BCUT2D eigenvalue weighted by molar-refractivity contribution is 6.29. The molecule has 0 aliphatic rings. The summed E-state index contributed by atoms with van der Waals surface area (Å²) >= 11 is 5.91. The highest BCUT2D eigenvalue weighted by Crippen LogP contribution is 2.12. The van der Waals surface area contributed by atoms with E-state index in [1.165, 1.54) is 24.8 Å². The summed E-state index contributed by atoms with van der Waals surface area (Å²) in [6, 6.07) is 10.2. The minimum Gasteiger partial charge on any atom is -0.261 e. The SMILES string of the molecule is CCCCCc1ccc(/C(C)=N/Nc2cc(Cl)nc(C)n2)cc1. The zero-order valence-corrected chi connectivity index (χ0v) is 14.7. The van der Waals surface area contributed by atoms with E-state index >= 15 is 0 Å². The van der Waals surface area contributed by atoms with Crippen molar-refractivity contribution in [3.63, 3.8) is 0 Å². The Kier molecular flexibility index (Phi) is 6.53. The van der Waals surface area contributed by atoms with Gasteiger partial charge in [0, 0.05) is 6.07 Å². The van der Waals surface area contributed by atoms with Gasteiger partial charge in [-0.15, -0.1) is 0 Å². The number of hydrogen-bond acceptors (Lipinski definition) is 4. The van der Waals surface area contributed by atoms with Gasteiger partial charge in [0.2, 0.25) is 0 Å². The van der Waals surface area contributed by atoms with E-state index in [4.69, 9.17) is 11.6 Å². The summed E-state index contributed by atoms with van der Waals surface area (Å²) in [7, 11) is 0. The summed E-state index contributed by atoms with van der Waals surface area (Å²) in [5.41, 5.74) is 6.30. The van der Waals surface area contributed by atoms with Crippen LogP contribution in [0, 0.1) is 6.92 Å². The minimum atomic E-state index is 0.407. The summed E-state index contributed by atoms with van der Waals surface area (Å²) in [6.45, 7) is 5.99. The third-order valence-corrected chi connectivity index (χ3v) is 3.78. The fourth-order valence-corrected chi connectivity index (χ4v) is 2.51. The van der Waals surface area contributed by atoms with Gasteiger partial charge in [-0.1, -0.05) is 55.6 Å². The zero-order chi connectivity index (χ0) is 16.7. The van der Waals surface area contributed by atoms with Gasteiger partial charge in [-0.05, 0) is 37.8 Å². The summed E-state index contributed by atoms with van der Waals surface area (Å²) in [5, 5.41) is 4.78. The maximum absolute atomic E-state index is 5.91. The molecule has 0 radical (unpaired) electrons. The molecular formula is C18H23ClN4. The lowest BCUT2D eigenvalue weighted by Gasteiger charge is -2.06. The van der Waals surface area contributed by atoms with Crippen LogP contribution in [0.15, 0.2) is 35.4 Å². The van der Waals surface area contributed by atoms with Crippen molar-refractivity contribution < 1.29 is 0 Å². The molecule has 0 aliphatic carbocycles. The Morgan fingerprint density at radius 3 is 2.57 bits per heavy atom. The molecule has 1 aromatic carbocycles. The van der Waals surface area contributed by atoms with Crippen molar-refractivity contribution in [2.45, 2.75) is 46.5 Å². The Hall–Kier alpha value is -1.94. The van der Waals surface area contributed by atoms with Crippen LogP contribution >= 0.6 is 11.6 Å². The van der Waals surface area contributed by atoms with Crippen LogP contribution in [0.2, 0.25) is 5.15 Å². The molecule has 0 unspecified atom stereocenters. The standard InChI is InChI=1S/C18H23ClN4/c1-4-5-6-7-15-8-10-16(11-9-15)13(2)22-23-18-12-17(19)20-14(3)21-18/h8-12H,4-7H2,1-3H3,(H,20,21,23)/b22-13+. The zero-order valence-electron chi connectivity index (χ0n) is 13.9. The van der Waals surface area contributed by atoms with Crippen molar-refractivity contribution >= 4 is 23.1 Å². The molecular weight excluding hydrogens is 308 g/mol. The second-order valence-corrected chi connectivity index (χ2v) is 5.97. The molecule has 122 valence electrons. The Morgan fingerprint density at radius 2 is 1.91 bits per heavy atom. The van der Waals surface area contributed by atoms with E-state index in [1.807, 2.05) is 6.92 Å². The Labute approximate surface area is 143 Å². The average molecular weight is 331 g/mol. The number of aryl methyl sites for hydroxylation is 2. The summed E-state index contributed by atoms with van der Waals surface area (Å²) in [4.78, 5) is 8.27. The lowest BCUT2D eigenvalue weighted by atomic mass is 10.0. The molecule has 4 nitrogen and oxygen atoms in total. The van der Waals surface area contributed by atoms with E-state index in [1.54, 1.807) is 13.0 Å². The van der Waals surface area contributed by atoms with E-state index in [2.05, 4.69) is 51.7 Å². The lowest BCUT2D eigenvalue weighted by Crippen LogP contribution is -2.02. The number of benzene rings is 1. The number of hydrogen-bond donors (Lipinski definition) is 1. The van der Waals surface area contributed by atoms with Crippen molar-refractivity contribution in [2.24, 2.45) is 5.10 Å². The van der Waals surface area contributed by atoms with Gasteiger partial charge in [0.05, 0.1) is 5.71 Å². The maximum atomic E-state index is 5.91. The molecule has 5 heteroatoms. The smallest absolute Gasteiger partial charge is 0.151 e. The van der Waals surface area contributed by atoms with Gasteiger partial charge < -0.3 is 0 Å². The maximum Gasteiger partial charge on any atom is 0.151 e. The van der Waals surface area contributed by atoms with Crippen LogP contribution in [0.3, 0.4) is 0 Å². The number of rotatable bonds is 7. The molecule has 0 saturated heterocycles. The van der Waals surface area contributed by atoms with E-state index < -0.39 is 0 Å². The number of nitrogens with one attached hydrogen (secondary N) is 1. The van der Waals surface area contributed by atoms with Crippen molar-refractivity contribution in [1.82, 2.24) is 9.97 Å². The third kappa shape index (κ3) is 5.64. The second-order valence-electron chi connectivity index (χ2n) is 5.59. The summed E-state index contributed by atoms with van der Waals surface area (Å²) in [5.74, 6) is 1.21. The van der Waals surface area contributed by atoms with Crippen molar-refractivity contribution in [3.8, 4) is 0 Å². The number of anilines is 1. The molecule has 23 heavy (non-hydrogen) atoms. The normalized spacial score (nSPS) is 11.6. The quantitative estimate of drug-likeness (QED) is 0.336. The Morgan fingerprint density at radius 1 is 1.17 bits per heavy atom. The summed E-state index contributed by atoms with van der Waals surface area (Å²) < 4.78 is 0. The van der Waals surface area contributed by atoms with E-state index in [-0.39, 0.29) is 0 Å². The third-order valence-electron chi connectivity index (χ3n) is 3.59. The first-order valence-electron chi connectivity index (χ1n) is 7.99. The predicted molar refractivity (Wildman–Crippen MR) is 97.3 cm³/mol. The van der Waals surface area contributed by atoms with Gasteiger partial charge in [-0.25, -0.2) is 9.97 Å². The first-order valence-corrected chi connectivity index (χ1v) is 8.37. The fraction of sp³-hybridized carbons (Fsp3) is 0.389.